The number of rotatable bonds is 3. The van der Waals surface area contributed by atoms with Gasteiger partial charge in [-0.3, -0.25) is 0 Å². The number of aliphatic hydroxyl groups is 1. The number of hydrogen-bond donors (Lipinski definition) is 3. The molecule has 19 heavy (non-hydrogen) atoms. The van der Waals surface area contributed by atoms with E-state index in [1.807, 2.05) is 0 Å². The van der Waals surface area contributed by atoms with E-state index in [4.69, 9.17) is 5.11 Å². The van der Waals surface area contributed by atoms with Gasteiger partial charge in [-0.25, -0.2) is 14.6 Å². The van der Waals surface area contributed by atoms with E-state index < -0.39 is 24.1 Å². The zero-order valence-electron chi connectivity index (χ0n) is 10.5. The van der Waals surface area contributed by atoms with Crippen LogP contribution in [-0.2, 0) is 11.3 Å². The molecule has 1 aliphatic heterocycles. The molecule has 2 rings (SSSR count). The number of aromatic amines is 1. The van der Waals surface area contributed by atoms with Gasteiger partial charge in [0.15, 0.2) is 0 Å². The molecule has 0 radical (unpaired) electrons. The summed E-state index contributed by atoms with van der Waals surface area (Å²) in [7, 11) is 1.56. The maximum Gasteiger partial charge on any atom is 0.326 e. The summed E-state index contributed by atoms with van der Waals surface area (Å²) in [5, 5.41) is 18.6. The van der Waals surface area contributed by atoms with E-state index in [2.05, 4.69) is 9.97 Å². The first kappa shape index (κ1) is 13.3. The normalized spacial score (nSPS) is 22.5. The molecule has 1 aromatic rings. The Kier molecular flexibility index (Phi) is 3.70. The summed E-state index contributed by atoms with van der Waals surface area (Å²) >= 11 is 0. The molecule has 1 saturated heterocycles. The molecule has 104 valence electrons. The lowest BCUT2D eigenvalue weighted by Gasteiger charge is -2.26. The van der Waals surface area contributed by atoms with Crippen LogP contribution >= 0.6 is 0 Å². The second-order valence-corrected chi connectivity index (χ2v) is 4.57. The summed E-state index contributed by atoms with van der Waals surface area (Å²) in [6, 6.07) is -1.40. The highest BCUT2D eigenvalue weighted by molar-refractivity contribution is 5.83. The molecule has 0 unspecified atom stereocenters. The van der Waals surface area contributed by atoms with E-state index >= 15 is 0 Å². The van der Waals surface area contributed by atoms with Crippen molar-refractivity contribution in [3.8, 4) is 0 Å². The van der Waals surface area contributed by atoms with Crippen LogP contribution in [0.4, 0.5) is 4.79 Å². The van der Waals surface area contributed by atoms with Crippen LogP contribution in [0.2, 0.25) is 0 Å². The summed E-state index contributed by atoms with van der Waals surface area (Å²) in [4.78, 5) is 32.6. The van der Waals surface area contributed by atoms with E-state index in [-0.39, 0.29) is 19.5 Å². The minimum Gasteiger partial charge on any atom is -0.480 e. The second kappa shape index (κ2) is 5.27. The van der Waals surface area contributed by atoms with Gasteiger partial charge in [-0.2, -0.15) is 0 Å². The predicted octanol–water partition coefficient (Wildman–Crippen LogP) is -0.519. The van der Waals surface area contributed by atoms with Gasteiger partial charge in [0.2, 0.25) is 0 Å². The van der Waals surface area contributed by atoms with Crippen molar-refractivity contribution < 1.29 is 19.8 Å². The fourth-order valence-electron chi connectivity index (χ4n) is 2.16. The van der Waals surface area contributed by atoms with Gasteiger partial charge in [0, 0.05) is 32.4 Å². The number of carboxylic acid groups (broad SMARTS) is 1. The molecule has 2 atom stereocenters. The SMILES string of the molecule is CN(Cc1ncc[nH]1)C(=O)N1C[C@H](O)C[C@H]1C(=O)O. The van der Waals surface area contributed by atoms with Crippen molar-refractivity contribution in [2.24, 2.45) is 0 Å². The smallest absolute Gasteiger partial charge is 0.326 e. The van der Waals surface area contributed by atoms with Gasteiger partial charge in [0.05, 0.1) is 12.6 Å². The number of urea groups is 1. The van der Waals surface area contributed by atoms with Crippen LogP contribution in [0.3, 0.4) is 0 Å². The van der Waals surface area contributed by atoms with Gasteiger partial charge in [-0.15, -0.1) is 0 Å². The number of H-pyrrole nitrogens is 1. The van der Waals surface area contributed by atoms with Crippen LogP contribution < -0.4 is 0 Å². The average Bonchev–Trinajstić information content (AvgIpc) is 2.97. The number of imidazole rings is 1. The molecule has 0 saturated carbocycles. The molecule has 8 nitrogen and oxygen atoms in total. The number of aliphatic carboxylic acids is 1. The molecule has 1 aliphatic rings. The average molecular weight is 268 g/mol. The van der Waals surface area contributed by atoms with Crippen molar-refractivity contribution in [2.45, 2.75) is 25.1 Å². The highest BCUT2D eigenvalue weighted by Gasteiger charge is 2.40. The third-order valence-corrected chi connectivity index (χ3v) is 3.08. The molecule has 8 heteroatoms. The summed E-state index contributed by atoms with van der Waals surface area (Å²) in [6.07, 6.45) is 2.50. The Balaban J connectivity index is 2.03. The number of nitrogens with one attached hydrogen (secondary N) is 1. The zero-order valence-corrected chi connectivity index (χ0v) is 10.5. The van der Waals surface area contributed by atoms with Crippen LogP contribution in [0.25, 0.3) is 0 Å². The Bertz CT molecular complexity index is 461. The number of nitrogens with zero attached hydrogens (tertiary/aromatic N) is 3. The minimum absolute atomic E-state index is 0.0400. The molecule has 0 aromatic carbocycles. The number of β-amino-alcohol motifs (C(OH)–C–C–N with tert-alkyl or cyclic N) is 1. The number of carboxylic acids is 1. The molecule has 0 bridgehead atoms. The van der Waals surface area contributed by atoms with E-state index in [9.17, 15) is 14.7 Å². The maximum absolute atomic E-state index is 12.2. The monoisotopic (exact) mass is 268 g/mol. The topological polar surface area (TPSA) is 110 Å². The number of aliphatic hydroxyl groups excluding tert-OH is 1. The molecule has 1 aromatic heterocycles. The van der Waals surface area contributed by atoms with E-state index in [0.717, 1.165) is 0 Å². The lowest BCUT2D eigenvalue weighted by atomic mass is 10.2. The zero-order chi connectivity index (χ0) is 14.0. The van der Waals surface area contributed by atoms with Crippen LogP contribution in [0.5, 0.6) is 0 Å². The highest BCUT2D eigenvalue weighted by atomic mass is 16.4. The van der Waals surface area contributed by atoms with Crippen molar-refractivity contribution >= 4 is 12.0 Å². The van der Waals surface area contributed by atoms with E-state index in [1.54, 1.807) is 19.4 Å². The van der Waals surface area contributed by atoms with Gasteiger partial charge in [-0.1, -0.05) is 0 Å². The van der Waals surface area contributed by atoms with Gasteiger partial charge in [0.1, 0.15) is 11.9 Å². The van der Waals surface area contributed by atoms with Crippen molar-refractivity contribution in [3.63, 3.8) is 0 Å². The number of carbonyl (C=O) groups is 2. The Morgan fingerprint density at radius 1 is 1.63 bits per heavy atom. The Hall–Kier alpha value is -2.09. The molecule has 0 spiro atoms. The first-order chi connectivity index (χ1) is 8.99. The number of amides is 2. The van der Waals surface area contributed by atoms with Crippen LogP contribution in [-0.4, -0.2) is 67.7 Å². The Labute approximate surface area is 109 Å². The molecular weight excluding hydrogens is 252 g/mol. The molecule has 0 aliphatic carbocycles. The maximum atomic E-state index is 12.2. The fraction of sp³-hybridized carbons (Fsp3) is 0.545. The molecule has 1 fully saturated rings. The third-order valence-electron chi connectivity index (χ3n) is 3.08. The van der Waals surface area contributed by atoms with Crippen LogP contribution in [0.1, 0.15) is 12.2 Å². The summed E-state index contributed by atoms with van der Waals surface area (Å²) < 4.78 is 0. The summed E-state index contributed by atoms with van der Waals surface area (Å²) in [5.74, 6) is -0.487. The predicted molar refractivity (Wildman–Crippen MR) is 64.2 cm³/mol. The first-order valence-corrected chi connectivity index (χ1v) is 5.90. The molecule has 2 amide bonds. The lowest BCUT2D eigenvalue weighted by molar-refractivity contribution is -0.141. The van der Waals surface area contributed by atoms with Gasteiger partial charge >= 0.3 is 12.0 Å². The van der Waals surface area contributed by atoms with Crippen molar-refractivity contribution in [2.75, 3.05) is 13.6 Å². The number of likely N-dealkylation sites (tertiary alicyclic amines) is 1. The van der Waals surface area contributed by atoms with Crippen LogP contribution in [0.15, 0.2) is 12.4 Å². The fourth-order valence-corrected chi connectivity index (χ4v) is 2.16. The third kappa shape index (κ3) is 2.84. The molecular formula is C11H16N4O4. The van der Waals surface area contributed by atoms with Crippen molar-refractivity contribution in [1.29, 1.82) is 0 Å². The lowest BCUT2D eigenvalue weighted by Crippen LogP contribution is -2.46. The standard InChI is InChI=1S/C11H16N4O4/c1-14(6-9-12-2-3-13-9)11(19)15-5-7(16)4-8(15)10(17)18/h2-3,7-8,16H,4-6H2,1H3,(H,12,13)(H,17,18)/t7-,8+/m1/s1. The first-order valence-electron chi connectivity index (χ1n) is 5.90. The van der Waals surface area contributed by atoms with Gasteiger partial charge < -0.3 is 25.0 Å². The van der Waals surface area contributed by atoms with Crippen molar-refractivity contribution in [1.82, 2.24) is 19.8 Å². The number of aromatic nitrogens is 2. The molecule has 2 heterocycles. The van der Waals surface area contributed by atoms with E-state index in [1.165, 1.54) is 9.80 Å². The van der Waals surface area contributed by atoms with Crippen LogP contribution in [0, 0.1) is 0 Å². The van der Waals surface area contributed by atoms with Gasteiger partial charge in [-0.05, 0) is 0 Å². The van der Waals surface area contributed by atoms with E-state index in [0.29, 0.717) is 5.82 Å². The largest absolute Gasteiger partial charge is 0.480 e. The second-order valence-electron chi connectivity index (χ2n) is 4.57. The number of carbonyl (C=O) groups excluding carboxylic acids is 1. The quantitative estimate of drug-likeness (QED) is 0.683. The van der Waals surface area contributed by atoms with Gasteiger partial charge in [0.25, 0.3) is 0 Å². The molecule has 3 N–H and O–H groups in total. The summed E-state index contributed by atoms with van der Waals surface area (Å²) in [6.45, 7) is 0.295. The summed E-state index contributed by atoms with van der Waals surface area (Å²) in [5.41, 5.74) is 0. The number of hydrogen-bond acceptors (Lipinski definition) is 4. The Morgan fingerprint density at radius 2 is 2.37 bits per heavy atom. The highest BCUT2D eigenvalue weighted by Crippen LogP contribution is 2.20. The Morgan fingerprint density at radius 3 is 2.95 bits per heavy atom. The van der Waals surface area contributed by atoms with Crippen molar-refractivity contribution in [3.05, 3.63) is 18.2 Å². The minimum atomic E-state index is -1.10.